The molecule has 0 aliphatic heterocycles. The molecule has 2 heterocycles. The first kappa shape index (κ1) is 19.8. The van der Waals surface area contributed by atoms with Gasteiger partial charge in [-0.1, -0.05) is 38.1 Å². The summed E-state index contributed by atoms with van der Waals surface area (Å²) >= 11 is 3.02. The predicted octanol–water partition coefficient (Wildman–Crippen LogP) is 5.23. The van der Waals surface area contributed by atoms with Gasteiger partial charge in [0.1, 0.15) is 10.7 Å². The molecule has 1 aromatic carbocycles. The number of H-pyrrole nitrogens is 1. The number of carbonyl (C=O) groups is 1. The average molecular weight is 401 g/mol. The van der Waals surface area contributed by atoms with Crippen LogP contribution < -0.4 is 5.56 Å². The highest BCUT2D eigenvalue weighted by Crippen LogP contribution is 2.26. The van der Waals surface area contributed by atoms with Crippen LogP contribution in [0, 0.1) is 13.8 Å². The third-order valence-electron chi connectivity index (χ3n) is 4.97. The number of carbonyl (C=O) groups excluding carboxylic acids is 1. The van der Waals surface area contributed by atoms with Gasteiger partial charge in [0.05, 0.1) is 16.9 Å². The Morgan fingerprint density at radius 3 is 2.63 bits per heavy atom. The van der Waals surface area contributed by atoms with E-state index in [9.17, 15) is 9.59 Å². The summed E-state index contributed by atoms with van der Waals surface area (Å²) in [5.74, 6) is 2.11. The summed E-state index contributed by atoms with van der Waals surface area (Å²) in [5, 5.41) is 0.684. The van der Waals surface area contributed by atoms with Crippen LogP contribution in [0.2, 0.25) is 0 Å². The van der Waals surface area contributed by atoms with E-state index in [-0.39, 0.29) is 11.3 Å². The van der Waals surface area contributed by atoms with E-state index in [4.69, 9.17) is 0 Å². The van der Waals surface area contributed by atoms with Crippen molar-refractivity contribution in [1.82, 2.24) is 9.97 Å². The molecule has 4 nitrogen and oxygen atoms in total. The van der Waals surface area contributed by atoms with Gasteiger partial charge in [-0.2, -0.15) is 0 Å². The lowest BCUT2D eigenvalue weighted by atomic mass is 9.97. The van der Waals surface area contributed by atoms with Crippen molar-refractivity contribution >= 4 is 39.1 Å². The van der Waals surface area contributed by atoms with Gasteiger partial charge in [-0.15, -0.1) is 23.1 Å². The normalized spacial score (nSPS) is 12.4. The van der Waals surface area contributed by atoms with Crippen LogP contribution in [0.25, 0.3) is 10.2 Å². The number of aromatic nitrogens is 2. The van der Waals surface area contributed by atoms with Crippen molar-refractivity contribution in [2.75, 3.05) is 5.75 Å². The first-order valence-electron chi connectivity index (χ1n) is 9.10. The molecule has 3 rings (SSSR count). The quantitative estimate of drug-likeness (QED) is 0.552. The maximum absolute atomic E-state index is 12.4. The Balaban J connectivity index is 1.63. The molecule has 0 aliphatic rings. The smallest absolute Gasteiger partial charge is 0.259 e. The molecule has 1 N–H and O–H groups in total. The second-order valence-corrected chi connectivity index (χ2v) is 9.01. The van der Waals surface area contributed by atoms with Crippen LogP contribution in [0.15, 0.2) is 29.1 Å². The Hall–Kier alpha value is -1.92. The SMILES string of the molecule is CC[C@@H](C)c1ccc(C(=O)CSCc2nc3sc(C)c(C)c3c(=O)[nH]2)cc1. The fourth-order valence-corrected chi connectivity index (χ4v) is 4.76. The van der Waals surface area contributed by atoms with E-state index in [0.29, 0.717) is 28.6 Å². The minimum atomic E-state index is -0.0931. The Morgan fingerprint density at radius 2 is 1.96 bits per heavy atom. The largest absolute Gasteiger partial charge is 0.309 e. The second kappa shape index (κ2) is 8.40. The zero-order chi connectivity index (χ0) is 19.6. The number of nitrogens with zero attached hydrogens (tertiary/aromatic N) is 1. The molecule has 6 heteroatoms. The Kier molecular flexibility index (Phi) is 6.17. The van der Waals surface area contributed by atoms with Crippen LogP contribution in [0.5, 0.6) is 0 Å². The number of hydrogen-bond acceptors (Lipinski definition) is 5. The summed E-state index contributed by atoms with van der Waals surface area (Å²) in [6.07, 6.45) is 1.09. The molecule has 3 aromatic rings. The third kappa shape index (κ3) is 4.33. The molecule has 0 unspecified atom stereocenters. The summed E-state index contributed by atoms with van der Waals surface area (Å²) in [6, 6.07) is 7.91. The van der Waals surface area contributed by atoms with Gasteiger partial charge in [0.15, 0.2) is 5.78 Å². The van der Waals surface area contributed by atoms with Crippen LogP contribution in [0.4, 0.5) is 0 Å². The molecule has 0 saturated carbocycles. The van der Waals surface area contributed by atoms with Gasteiger partial charge in [0, 0.05) is 10.4 Å². The lowest BCUT2D eigenvalue weighted by molar-refractivity contribution is 0.102. The standard InChI is InChI=1S/C21H24N2O2S2/c1-5-12(2)15-6-8-16(9-7-15)17(24)10-26-11-18-22-20(25)19-13(3)14(4)27-21(19)23-18/h6-9,12H,5,10-11H2,1-4H3,(H,22,23,25)/t12-/m1/s1. The molecule has 0 bridgehead atoms. The molecule has 0 spiro atoms. The van der Waals surface area contributed by atoms with Crippen LogP contribution in [-0.2, 0) is 5.75 Å². The van der Waals surface area contributed by atoms with Gasteiger partial charge in [0.25, 0.3) is 5.56 Å². The van der Waals surface area contributed by atoms with Gasteiger partial charge in [-0.25, -0.2) is 4.98 Å². The van der Waals surface area contributed by atoms with Gasteiger partial charge in [0.2, 0.25) is 0 Å². The Bertz CT molecular complexity index is 1020. The number of aromatic amines is 1. The predicted molar refractivity (Wildman–Crippen MR) is 115 cm³/mol. The maximum Gasteiger partial charge on any atom is 0.259 e. The molecule has 1 atom stereocenters. The van der Waals surface area contributed by atoms with Crippen molar-refractivity contribution in [2.45, 2.75) is 45.8 Å². The Labute approximate surface area is 167 Å². The van der Waals surface area contributed by atoms with Gasteiger partial charge in [-0.05, 0) is 37.3 Å². The summed E-state index contributed by atoms with van der Waals surface area (Å²) in [4.78, 5) is 34.0. The number of ketones is 1. The molecule has 2 aromatic heterocycles. The summed E-state index contributed by atoms with van der Waals surface area (Å²) in [7, 11) is 0. The highest BCUT2D eigenvalue weighted by molar-refractivity contribution is 7.99. The highest BCUT2D eigenvalue weighted by atomic mass is 32.2. The van der Waals surface area contributed by atoms with E-state index in [1.807, 2.05) is 38.1 Å². The van der Waals surface area contributed by atoms with Crippen LogP contribution >= 0.6 is 23.1 Å². The summed E-state index contributed by atoms with van der Waals surface area (Å²) in [5.41, 5.74) is 2.90. The minimum Gasteiger partial charge on any atom is -0.309 e. The highest BCUT2D eigenvalue weighted by Gasteiger charge is 2.13. The average Bonchev–Trinajstić information content (AvgIpc) is 2.95. The third-order valence-corrected chi connectivity index (χ3v) is 7.02. The van der Waals surface area contributed by atoms with Gasteiger partial charge in [-0.3, -0.25) is 9.59 Å². The maximum atomic E-state index is 12.4. The summed E-state index contributed by atoms with van der Waals surface area (Å²) < 4.78 is 0. The van der Waals surface area contributed by atoms with Crippen LogP contribution in [0.1, 0.15) is 58.4 Å². The van der Waals surface area contributed by atoms with E-state index in [1.165, 1.54) is 17.3 Å². The summed E-state index contributed by atoms with van der Waals surface area (Å²) in [6.45, 7) is 8.30. The number of aryl methyl sites for hydroxylation is 2. The lowest BCUT2D eigenvalue weighted by Crippen LogP contribution is -2.11. The number of thioether (sulfide) groups is 1. The van der Waals surface area contributed by atoms with Crippen molar-refractivity contribution in [3.05, 3.63) is 62.0 Å². The van der Waals surface area contributed by atoms with Crippen LogP contribution in [-0.4, -0.2) is 21.5 Å². The molecule has 0 radical (unpaired) electrons. The van der Waals surface area contributed by atoms with Crippen molar-refractivity contribution in [3.8, 4) is 0 Å². The number of benzene rings is 1. The molecule has 27 heavy (non-hydrogen) atoms. The van der Waals surface area contributed by atoms with Crippen molar-refractivity contribution in [2.24, 2.45) is 0 Å². The van der Waals surface area contributed by atoms with E-state index >= 15 is 0 Å². The van der Waals surface area contributed by atoms with Gasteiger partial charge >= 0.3 is 0 Å². The van der Waals surface area contributed by atoms with Crippen molar-refractivity contribution < 1.29 is 4.79 Å². The van der Waals surface area contributed by atoms with Crippen molar-refractivity contribution in [1.29, 1.82) is 0 Å². The number of hydrogen-bond donors (Lipinski definition) is 1. The second-order valence-electron chi connectivity index (χ2n) is 6.82. The fourth-order valence-electron chi connectivity index (χ4n) is 2.92. The molecule has 0 saturated heterocycles. The number of Topliss-reactive ketones (excluding diaryl/α,β-unsaturated/α-hetero) is 1. The zero-order valence-electron chi connectivity index (χ0n) is 16.1. The fraction of sp³-hybridized carbons (Fsp3) is 0.381. The monoisotopic (exact) mass is 400 g/mol. The zero-order valence-corrected chi connectivity index (χ0v) is 17.7. The molecule has 0 fully saturated rings. The number of rotatable bonds is 7. The van der Waals surface area contributed by atoms with E-state index in [0.717, 1.165) is 27.3 Å². The molecular weight excluding hydrogens is 376 g/mol. The van der Waals surface area contributed by atoms with Crippen LogP contribution in [0.3, 0.4) is 0 Å². The van der Waals surface area contributed by atoms with E-state index in [2.05, 4.69) is 23.8 Å². The topological polar surface area (TPSA) is 62.8 Å². The van der Waals surface area contributed by atoms with E-state index < -0.39 is 0 Å². The minimum absolute atomic E-state index is 0.0931. The van der Waals surface area contributed by atoms with E-state index in [1.54, 1.807) is 11.3 Å². The lowest BCUT2D eigenvalue weighted by Gasteiger charge is -2.09. The molecule has 142 valence electrons. The first-order chi connectivity index (χ1) is 12.9. The number of thiophene rings is 1. The Morgan fingerprint density at radius 1 is 1.26 bits per heavy atom. The molecule has 0 amide bonds. The number of fused-ring (bicyclic) bond motifs is 1. The molecule has 0 aliphatic carbocycles. The van der Waals surface area contributed by atoms with Crippen molar-refractivity contribution in [3.63, 3.8) is 0 Å². The first-order valence-corrected chi connectivity index (χ1v) is 11.1. The van der Waals surface area contributed by atoms with Gasteiger partial charge < -0.3 is 4.98 Å². The number of nitrogens with one attached hydrogen (secondary N) is 1. The molecular formula is C21H24N2O2S2.